The fraction of sp³-hybridized carbons (Fsp3) is 0.667. The molecular formula is C9H9BrClNO4. The van der Waals surface area contributed by atoms with E-state index in [1.807, 2.05) is 0 Å². The number of halogens is 2. The van der Waals surface area contributed by atoms with E-state index in [1.54, 1.807) is 6.92 Å². The molecule has 1 fully saturated rings. The Balaban J connectivity index is 2.48. The Hall–Kier alpha value is -0.620. The SMILES string of the molecule is COC(=O)[C@@H]1C[C@]2(Br)N=C(Cl)[C@@]1(C)OC2=O. The van der Waals surface area contributed by atoms with Crippen LogP contribution in [0.2, 0.25) is 0 Å². The van der Waals surface area contributed by atoms with E-state index in [0.29, 0.717) is 0 Å². The number of alkyl halides is 1. The fourth-order valence-electron chi connectivity index (χ4n) is 1.88. The lowest BCUT2D eigenvalue weighted by molar-refractivity contribution is -0.178. The summed E-state index contributed by atoms with van der Waals surface area (Å²) >= 11 is 9.09. The highest BCUT2D eigenvalue weighted by Crippen LogP contribution is 2.48. The second-order valence-electron chi connectivity index (χ2n) is 3.94. The number of carbonyl (C=O) groups excluding carboxylic acids is 2. The minimum atomic E-state index is -1.25. The minimum absolute atomic E-state index is 0.102. The van der Waals surface area contributed by atoms with Gasteiger partial charge in [-0.05, 0) is 22.9 Å². The number of hydrogen-bond donors (Lipinski definition) is 0. The molecule has 16 heavy (non-hydrogen) atoms. The number of fused-ring (bicyclic) bond motifs is 2. The Morgan fingerprint density at radius 2 is 2.38 bits per heavy atom. The van der Waals surface area contributed by atoms with Gasteiger partial charge in [0.15, 0.2) is 5.60 Å². The highest BCUT2D eigenvalue weighted by molar-refractivity contribution is 9.10. The molecule has 5 nitrogen and oxygen atoms in total. The Labute approximate surface area is 105 Å². The number of esters is 2. The number of hydrogen-bond acceptors (Lipinski definition) is 5. The molecule has 3 aliphatic rings. The van der Waals surface area contributed by atoms with Gasteiger partial charge in [-0.25, -0.2) is 9.79 Å². The topological polar surface area (TPSA) is 65.0 Å². The van der Waals surface area contributed by atoms with Crippen LogP contribution in [0, 0.1) is 5.92 Å². The summed E-state index contributed by atoms with van der Waals surface area (Å²) in [6.07, 6.45) is 0.186. The first-order valence-electron chi connectivity index (χ1n) is 4.59. The molecule has 0 aromatic heterocycles. The van der Waals surface area contributed by atoms with Crippen molar-refractivity contribution >= 4 is 44.6 Å². The van der Waals surface area contributed by atoms with Crippen LogP contribution in [0.4, 0.5) is 0 Å². The lowest BCUT2D eigenvalue weighted by atomic mass is 9.79. The van der Waals surface area contributed by atoms with E-state index in [2.05, 4.69) is 25.7 Å². The van der Waals surface area contributed by atoms with Crippen molar-refractivity contribution in [3.8, 4) is 0 Å². The highest BCUT2D eigenvalue weighted by Gasteiger charge is 2.63. The first kappa shape index (κ1) is 11.9. The molecule has 3 aliphatic heterocycles. The van der Waals surface area contributed by atoms with E-state index in [-0.39, 0.29) is 11.6 Å². The van der Waals surface area contributed by atoms with Crippen molar-refractivity contribution in [1.29, 1.82) is 0 Å². The molecule has 88 valence electrons. The number of methoxy groups -OCH3 is 1. The molecular weight excluding hydrogens is 301 g/mol. The molecule has 0 aromatic carbocycles. The van der Waals surface area contributed by atoms with Crippen LogP contribution in [0.15, 0.2) is 4.99 Å². The van der Waals surface area contributed by atoms with Crippen molar-refractivity contribution in [3.63, 3.8) is 0 Å². The molecule has 3 rings (SSSR count). The van der Waals surface area contributed by atoms with Crippen LogP contribution < -0.4 is 0 Å². The van der Waals surface area contributed by atoms with Crippen molar-refractivity contribution in [1.82, 2.24) is 0 Å². The second kappa shape index (κ2) is 3.43. The average molecular weight is 311 g/mol. The van der Waals surface area contributed by atoms with E-state index in [4.69, 9.17) is 16.3 Å². The summed E-state index contributed by atoms with van der Waals surface area (Å²) in [6, 6.07) is 0. The number of carbonyl (C=O) groups is 2. The summed E-state index contributed by atoms with van der Waals surface area (Å²) < 4.78 is 8.60. The molecule has 0 radical (unpaired) electrons. The monoisotopic (exact) mass is 309 g/mol. The van der Waals surface area contributed by atoms with Crippen molar-refractivity contribution in [3.05, 3.63) is 0 Å². The molecule has 0 aromatic rings. The summed E-state index contributed by atoms with van der Waals surface area (Å²) in [6.45, 7) is 1.56. The van der Waals surface area contributed by atoms with Crippen molar-refractivity contribution in [2.75, 3.05) is 7.11 Å². The van der Waals surface area contributed by atoms with Crippen LogP contribution in [-0.4, -0.2) is 34.3 Å². The zero-order chi connectivity index (χ0) is 12.1. The van der Waals surface area contributed by atoms with Crippen molar-refractivity contribution in [2.45, 2.75) is 23.4 Å². The molecule has 3 heterocycles. The first-order valence-corrected chi connectivity index (χ1v) is 5.76. The lowest BCUT2D eigenvalue weighted by Gasteiger charge is -2.47. The minimum Gasteiger partial charge on any atom is -0.469 e. The van der Waals surface area contributed by atoms with Crippen LogP contribution in [0.3, 0.4) is 0 Å². The summed E-state index contributed by atoms with van der Waals surface area (Å²) in [4.78, 5) is 27.2. The smallest absolute Gasteiger partial charge is 0.346 e. The van der Waals surface area contributed by atoms with Gasteiger partial charge in [-0.2, -0.15) is 0 Å². The molecule has 7 heteroatoms. The highest BCUT2D eigenvalue weighted by atomic mass is 79.9. The van der Waals surface area contributed by atoms with Crippen LogP contribution >= 0.6 is 27.5 Å². The van der Waals surface area contributed by atoms with Crippen LogP contribution in [0.5, 0.6) is 0 Å². The molecule has 0 amide bonds. The molecule has 0 aliphatic carbocycles. The third-order valence-corrected chi connectivity index (χ3v) is 4.21. The maximum absolute atomic E-state index is 11.6. The van der Waals surface area contributed by atoms with Gasteiger partial charge in [-0.15, -0.1) is 0 Å². The van der Waals surface area contributed by atoms with Crippen LogP contribution in [-0.2, 0) is 19.1 Å². The molecule has 2 bridgehead atoms. The zero-order valence-electron chi connectivity index (χ0n) is 8.62. The normalized spacial score (nSPS) is 41.4. The Kier molecular flexibility index (Phi) is 2.54. The molecule has 0 unspecified atom stereocenters. The Morgan fingerprint density at radius 1 is 1.75 bits per heavy atom. The van der Waals surface area contributed by atoms with E-state index in [1.165, 1.54) is 7.11 Å². The van der Waals surface area contributed by atoms with Gasteiger partial charge in [0.25, 0.3) is 0 Å². The summed E-state index contributed by atoms with van der Waals surface area (Å²) in [5.74, 6) is -1.63. The average Bonchev–Trinajstić information content (AvgIpc) is 2.21. The third-order valence-electron chi connectivity index (χ3n) is 2.93. The van der Waals surface area contributed by atoms with E-state index in [0.717, 1.165) is 0 Å². The predicted octanol–water partition coefficient (Wildman–Crippen LogP) is 1.22. The van der Waals surface area contributed by atoms with E-state index in [9.17, 15) is 9.59 Å². The molecule has 3 atom stereocenters. The molecule has 0 spiro atoms. The lowest BCUT2D eigenvalue weighted by Crippen LogP contribution is -2.62. The van der Waals surface area contributed by atoms with Gasteiger partial charge in [0.2, 0.25) is 4.45 Å². The van der Waals surface area contributed by atoms with E-state index >= 15 is 0 Å². The van der Waals surface area contributed by atoms with Gasteiger partial charge in [0, 0.05) is 6.42 Å². The van der Waals surface area contributed by atoms with Gasteiger partial charge in [-0.1, -0.05) is 11.6 Å². The summed E-state index contributed by atoms with van der Waals surface area (Å²) in [5.41, 5.74) is -1.21. The predicted molar refractivity (Wildman–Crippen MR) is 59.6 cm³/mol. The maximum atomic E-state index is 11.6. The number of ether oxygens (including phenoxy) is 2. The Morgan fingerprint density at radius 3 is 2.94 bits per heavy atom. The van der Waals surface area contributed by atoms with Gasteiger partial charge in [0.1, 0.15) is 11.1 Å². The number of nitrogens with zero attached hydrogens (tertiary/aromatic N) is 1. The summed E-state index contributed by atoms with van der Waals surface area (Å²) in [7, 11) is 1.28. The fourth-order valence-corrected chi connectivity index (χ4v) is 2.88. The summed E-state index contributed by atoms with van der Waals surface area (Å²) in [5, 5.41) is 0.102. The molecule has 0 N–H and O–H groups in total. The first-order chi connectivity index (χ1) is 7.33. The van der Waals surface area contributed by atoms with Gasteiger partial charge in [0.05, 0.1) is 7.11 Å². The number of rotatable bonds is 1. The van der Waals surface area contributed by atoms with Gasteiger partial charge in [-0.3, -0.25) is 4.79 Å². The largest absolute Gasteiger partial charge is 0.469 e. The van der Waals surface area contributed by atoms with Gasteiger partial charge < -0.3 is 9.47 Å². The van der Waals surface area contributed by atoms with Gasteiger partial charge >= 0.3 is 11.9 Å². The molecule has 1 saturated heterocycles. The van der Waals surface area contributed by atoms with Crippen molar-refractivity contribution < 1.29 is 19.1 Å². The molecule has 0 saturated carbocycles. The standard InChI is InChI=1S/C9H9BrClNO4/c1-8-4(5(13)15-2)3-9(10,7(14)16-8)12-6(8)11/h4H,3H2,1-2H3/t4-,8-,9-/m0/s1. The van der Waals surface area contributed by atoms with E-state index < -0.39 is 27.9 Å². The quantitative estimate of drug-likeness (QED) is 0.415. The van der Waals surface area contributed by atoms with Crippen LogP contribution in [0.1, 0.15) is 13.3 Å². The van der Waals surface area contributed by atoms with Crippen LogP contribution in [0.25, 0.3) is 0 Å². The van der Waals surface area contributed by atoms with Crippen molar-refractivity contribution in [2.24, 2.45) is 10.9 Å². The maximum Gasteiger partial charge on any atom is 0.346 e. The number of aliphatic imine (C=N–C) groups is 1. The third kappa shape index (κ3) is 1.39. The Bertz CT molecular complexity index is 412. The zero-order valence-corrected chi connectivity index (χ0v) is 11.0. The second-order valence-corrected chi connectivity index (χ2v) is 5.61.